The molecule has 1 heterocycles. The van der Waals surface area contributed by atoms with Crippen LogP contribution < -0.4 is 0 Å². The predicted octanol–water partition coefficient (Wildman–Crippen LogP) is 0.558. The highest BCUT2D eigenvalue weighted by molar-refractivity contribution is 5.90. The van der Waals surface area contributed by atoms with E-state index in [-0.39, 0.29) is 17.9 Å². The van der Waals surface area contributed by atoms with E-state index in [1.165, 1.54) is 19.4 Å². The van der Waals surface area contributed by atoms with Crippen molar-refractivity contribution in [2.45, 2.75) is 6.61 Å². The Morgan fingerprint density at radius 1 is 1.82 bits per heavy atom. The first-order valence-electron chi connectivity index (χ1n) is 3.05. The number of rotatable bonds is 2. The van der Waals surface area contributed by atoms with Gasteiger partial charge in [0.1, 0.15) is 17.9 Å². The molecule has 1 rings (SSSR count). The largest absolute Gasteiger partial charge is 0.466 e. The van der Waals surface area contributed by atoms with Gasteiger partial charge in [-0.1, -0.05) is 0 Å². The standard InChI is InChI=1S/C7H8O4/c1-10-7(9)5-2-3-11-6(5)4-8/h2-3,8H,4H2,1H3. The van der Waals surface area contributed by atoms with Crippen LogP contribution >= 0.6 is 0 Å². The molecule has 0 radical (unpaired) electrons. The van der Waals surface area contributed by atoms with Gasteiger partial charge < -0.3 is 14.3 Å². The third-order valence-corrected chi connectivity index (χ3v) is 1.29. The summed E-state index contributed by atoms with van der Waals surface area (Å²) in [6.07, 6.45) is 1.33. The van der Waals surface area contributed by atoms with E-state index in [1.54, 1.807) is 0 Å². The van der Waals surface area contributed by atoms with Crippen molar-refractivity contribution in [3.63, 3.8) is 0 Å². The van der Waals surface area contributed by atoms with Gasteiger partial charge in [-0.15, -0.1) is 0 Å². The molecule has 11 heavy (non-hydrogen) atoms. The van der Waals surface area contributed by atoms with Gasteiger partial charge in [-0.25, -0.2) is 4.79 Å². The minimum Gasteiger partial charge on any atom is -0.466 e. The molecular weight excluding hydrogens is 148 g/mol. The van der Waals surface area contributed by atoms with Gasteiger partial charge in [0.15, 0.2) is 0 Å². The quantitative estimate of drug-likeness (QED) is 0.635. The maximum absolute atomic E-state index is 10.9. The van der Waals surface area contributed by atoms with Gasteiger partial charge >= 0.3 is 5.97 Å². The van der Waals surface area contributed by atoms with Crippen molar-refractivity contribution in [3.05, 3.63) is 23.7 Å². The van der Waals surface area contributed by atoms with E-state index in [1.807, 2.05) is 0 Å². The smallest absolute Gasteiger partial charge is 0.341 e. The summed E-state index contributed by atoms with van der Waals surface area (Å²) in [7, 11) is 1.27. The number of aliphatic hydroxyl groups excluding tert-OH is 1. The Bertz CT molecular complexity index is 251. The van der Waals surface area contributed by atoms with Crippen LogP contribution in [-0.2, 0) is 11.3 Å². The lowest BCUT2D eigenvalue weighted by Gasteiger charge is -1.95. The van der Waals surface area contributed by atoms with Gasteiger partial charge in [0, 0.05) is 0 Å². The second-order valence-corrected chi connectivity index (χ2v) is 1.91. The van der Waals surface area contributed by atoms with Crippen LogP contribution in [0.2, 0.25) is 0 Å². The monoisotopic (exact) mass is 156 g/mol. The molecule has 1 aromatic heterocycles. The maximum atomic E-state index is 10.9. The summed E-state index contributed by atoms with van der Waals surface area (Å²) in [5.74, 6) is -0.264. The van der Waals surface area contributed by atoms with E-state index >= 15 is 0 Å². The van der Waals surface area contributed by atoms with Crippen molar-refractivity contribution >= 4 is 5.97 Å². The Morgan fingerprint density at radius 2 is 2.55 bits per heavy atom. The topological polar surface area (TPSA) is 59.7 Å². The SMILES string of the molecule is COC(=O)c1ccoc1CO. The predicted molar refractivity (Wildman–Crippen MR) is 36.0 cm³/mol. The average molecular weight is 156 g/mol. The number of esters is 1. The first-order chi connectivity index (χ1) is 5.29. The summed E-state index contributed by atoms with van der Waals surface area (Å²) in [6, 6.07) is 1.46. The molecule has 0 bridgehead atoms. The molecule has 1 aromatic rings. The molecule has 0 unspecified atom stereocenters. The fourth-order valence-electron chi connectivity index (χ4n) is 0.755. The molecule has 4 heteroatoms. The fraction of sp³-hybridized carbons (Fsp3) is 0.286. The van der Waals surface area contributed by atoms with E-state index in [0.717, 1.165) is 0 Å². The van der Waals surface area contributed by atoms with Gasteiger partial charge in [0.05, 0.1) is 13.4 Å². The van der Waals surface area contributed by atoms with Crippen molar-refractivity contribution in [2.24, 2.45) is 0 Å². The van der Waals surface area contributed by atoms with Crippen molar-refractivity contribution in [2.75, 3.05) is 7.11 Å². The Kier molecular flexibility index (Phi) is 2.28. The lowest BCUT2D eigenvalue weighted by molar-refractivity contribution is 0.0595. The molecule has 4 nitrogen and oxygen atoms in total. The number of carbonyl (C=O) groups excluding carboxylic acids is 1. The van der Waals surface area contributed by atoms with Crippen LogP contribution in [-0.4, -0.2) is 18.2 Å². The molecule has 0 amide bonds. The van der Waals surface area contributed by atoms with Gasteiger partial charge in [-0.3, -0.25) is 0 Å². The van der Waals surface area contributed by atoms with E-state index < -0.39 is 5.97 Å². The van der Waals surface area contributed by atoms with Gasteiger partial charge in [0.25, 0.3) is 0 Å². The van der Waals surface area contributed by atoms with Crippen LogP contribution in [0.3, 0.4) is 0 Å². The first-order valence-corrected chi connectivity index (χ1v) is 3.05. The summed E-state index contributed by atoms with van der Waals surface area (Å²) >= 11 is 0. The molecule has 0 spiro atoms. The van der Waals surface area contributed by atoms with E-state index in [4.69, 9.17) is 9.52 Å². The number of methoxy groups -OCH3 is 1. The summed E-state index contributed by atoms with van der Waals surface area (Å²) in [5.41, 5.74) is 0.273. The molecule has 0 fully saturated rings. The zero-order chi connectivity index (χ0) is 8.27. The van der Waals surface area contributed by atoms with E-state index in [0.29, 0.717) is 0 Å². The minimum absolute atomic E-state index is 0.233. The molecular formula is C7H8O4. The summed E-state index contributed by atoms with van der Waals surface area (Å²) in [5, 5.41) is 8.65. The summed E-state index contributed by atoms with van der Waals surface area (Å²) < 4.78 is 9.21. The highest BCUT2D eigenvalue weighted by Gasteiger charge is 2.13. The molecule has 0 aromatic carbocycles. The molecule has 0 saturated heterocycles. The van der Waals surface area contributed by atoms with Crippen molar-refractivity contribution in [3.8, 4) is 0 Å². The van der Waals surface area contributed by atoms with Gasteiger partial charge in [-0.2, -0.15) is 0 Å². The molecule has 0 saturated carbocycles. The Morgan fingerprint density at radius 3 is 3.09 bits per heavy atom. The Labute approximate surface area is 63.4 Å². The normalized spacial score (nSPS) is 9.64. The summed E-state index contributed by atoms with van der Waals surface area (Å²) in [6.45, 7) is -0.294. The van der Waals surface area contributed by atoms with Gasteiger partial charge in [0.2, 0.25) is 0 Å². The van der Waals surface area contributed by atoms with Crippen LogP contribution in [0, 0.1) is 0 Å². The van der Waals surface area contributed by atoms with Crippen molar-refractivity contribution in [1.82, 2.24) is 0 Å². The maximum Gasteiger partial charge on any atom is 0.341 e. The second-order valence-electron chi connectivity index (χ2n) is 1.91. The number of ether oxygens (including phenoxy) is 1. The Balaban J connectivity index is 2.92. The van der Waals surface area contributed by atoms with Crippen molar-refractivity contribution < 1.29 is 19.1 Å². The zero-order valence-electron chi connectivity index (χ0n) is 6.03. The number of hydrogen-bond acceptors (Lipinski definition) is 4. The number of furan rings is 1. The number of hydrogen-bond donors (Lipinski definition) is 1. The molecule has 60 valence electrons. The summed E-state index contributed by atoms with van der Waals surface area (Å²) in [4.78, 5) is 10.9. The van der Waals surface area contributed by atoms with Crippen LogP contribution in [0.1, 0.15) is 16.1 Å². The molecule has 0 aliphatic heterocycles. The van der Waals surface area contributed by atoms with Gasteiger partial charge in [-0.05, 0) is 6.07 Å². The lowest BCUT2D eigenvalue weighted by Crippen LogP contribution is -2.02. The van der Waals surface area contributed by atoms with E-state index in [9.17, 15) is 4.79 Å². The Hall–Kier alpha value is -1.29. The number of carbonyl (C=O) groups is 1. The number of aliphatic hydroxyl groups is 1. The molecule has 0 aliphatic rings. The molecule has 1 N–H and O–H groups in total. The van der Waals surface area contributed by atoms with Crippen LogP contribution in [0.25, 0.3) is 0 Å². The van der Waals surface area contributed by atoms with Crippen LogP contribution in [0.5, 0.6) is 0 Å². The van der Waals surface area contributed by atoms with Crippen molar-refractivity contribution in [1.29, 1.82) is 0 Å². The second kappa shape index (κ2) is 3.21. The third-order valence-electron chi connectivity index (χ3n) is 1.29. The van der Waals surface area contributed by atoms with E-state index in [2.05, 4.69) is 4.74 Å². The molecule has 0 atom stereocenters. The molecule has 0 aliphatic carbocycles. The first kappa shape index (κ1) is 7.81. The van der Waals surface area contributed by atoms with Crippen LogP contribution in [0.15, 0.2) is 16.7 Å². The third kappa shape index (κ3) is 1.40. The highest BCUT2D eigenvalue weighted by Crippen LogP contribution is 2.10. The van der Waals surface area contributed by atoms with Crippen LogP contribution in [0.4, 0.5) is 0 Å². The minimum atomic E-state index is -0.497. The zero-order valence-corrected chi connectivity index (χ0v) is 6.03. The average Bonchev–Trinajstić information content (AvgIpc) is 2.50. The lowest BCUT2D eigenvalue weighted by atomic mass is 10.2. The fourth-order valence-corrected chi connectivity index (χ4v) is 0.755. The highest BCUT2D eigenvalue weighted by atomic mass is 16.5.